The maximum absolute atomic E-state index is 5.73. The first-order chi connectivity index (χ1) is 9.83. The molecule has 1 aromatic heterocycles. The highest BCUT2D eigenvalue weighted by Crippen LogP contribution is 2.20. The van der Waals surface area contributed by atoms with Gasteiger partial charge in [0.25, 0.3) is 0 Å². The van der Waals surface area contributed by atoms with Crippen molar-refractivity contribution in [2.24, 2.45) is 0 Å². The van der Waals surface area contributed by atoms with Crippen LogP contribution in [0.2, 0.25) is 0 Å². The van der Waals surface area contributed by atoms with Gasteiger partial charge in [0.05, 0.1) is 5.00 Å². The van der Waals surface area contributed by atoms with Gasteiger partial charge in [-0.1, -0.05) is 77.6 Å². The van der Waals surface area contributed by atoms with Crippen LogP contribution in [0, 0.1) is 0 Å². The Labute approximate surface area is 130 Å². The molecule has 2 N–H and O–H groups in total. The average Bonchev–Trinajstić information content (AvgIpc) is 2.86. The SMILES string of the molecule is CCCCCCCCCCCCCCc1ccc(N)s1. The lowest BCUT2D eigenvalue weighted by atomic mass is 10.0. The summed E-state index contributed by atoms with van der Waals surface area (Å²) in [5.41, 5.74) is 5.73. The summed E-state index contributed by atoms with van der Waals surface area (Å²) in [5, 5.41) is 0.957. The number of nitrogens with two attached hydrogens (primary N) is 1. The van der Waals surface area contributed by atoms with E-state index in [9.17, 15) is 0 Å². The smallest absolute Gasteiger partial charge is 0.0859 e. The zero-order chi connectivity index (χ0) is 14.5. The van der Waals surface area contributed by atoms with Crippen LogP contribution in [0.3, 0.4) is 0 Å². The average molecular weight is 296 g/mol. The van der Waals surface area contributed by atoms with Gasteiger partial charge in [0, 0.05) is 4.88 Å². The second-order valence-electron chi connectivity index (χ2n) is 5.94. The molecule has 0 radical (unpaired) electrons. The van der Waals surface area contributed by atoms with Gasteiger partial charge < -0.3 is 5.73 Å². The summed E-state index contributed by atoms with van der Waals surface area (Å²) in [5.74, 6) is 0. The lowest BCUT2D eigenvalue weighted by Crippen LogP contribution is -1.84. The molecule has 0 aliphatic rings. The minimum atomic E-state index is 0.957. The molecule has 0 aromatic carbocycles. The number of thiophene rings is 1. The molecule has 0 bridgehead atoms. The molecule has 0 unspecified atom stereocenters. The largest absolute Gasteiger partial charge is 0.391 e. The minimum Gasteiger partial charge on any atom is -0.391 e. The minimum absolute atomic E-state index is 0.957. The zero-order valence-electron chi connectivity index (χ0n) is 13.3. The van der Waals surface area contributed by atoms with E-state index < -0.39 is 0 Å². The third kappa shape index (κ3) is 9.41. The van der Waals surface area contributed by atoms with E-state index >= 15 is 0 Å². The van der Waals surface area contributed by atoms with Gasteiger partial charge in [0.2, 0.25) is 0 Å². The molecule has 2 heteroatoms. The third-order valence-corrected chi connectivity index (χ3v) is 4.93. The van der Waals surface area contributed by atoms with Crippen LogP contribution in [0.1, 0.15) is 88.9 Å². The molecular weight excluding hydrogens is 262 g/mol. The summed E-state index contributed by atoms with van der Waals surface area (Å²) in [4.78, 5) is 1.45. The van der Waals surface area contributed by atoms with Crippen molar-refractivity contribution < 1.29 is 0 Å². The maximum atomic E-state index is 5.73. The van der Waals surface area contributed by atoms with E-state index in [0.717, 1.165) is 5.00 Å². The van der Waals surface area contributed by atoms with Crippen molar-refractivity contribution in [2.45, 2.75) is 90.4 Å². The molecule has 0 spiro atoms. The van der Waals surface area contributed by atoms with Crippen molar-refractivity contribution in [3.05, 3.63) is 17.0 Å². The Bertz CT molecular complexity index is 319. The Morgan fingerprint density at radius 2 is 1.25 bits per heavy atom. The predicted molar refractivity (Wildman–Crippen MR) is 93.5 cm³/mol. The number of anilines is 1. The molecule has 0 fully saturated rings. The number of rotatable bonds is 13. The normalized spacial score (nSPS) is 11.1. The standard InChI is InChI=1S/C18H33NS/c1-2-3-4-5-6-7-8-9-10-11-12-13-14-17-15-16-18(19)20-17/h15-16H,2-14,19H2,1H3. The van der Waals surface area contributed by atoms with Gasteiger partial charge >= 0.3 is 0 Å². The Kier molecular flexibility index (Phi) is 10.8. The monoisotopic (exact) mass is 295 g/mol. The molecule has 116 valence electrons. The number of aryl methyl sites for hydroxylation is 1. The lowest BCUT2D eigenvalue weighted by molar-refractivity contribution is 0.544. The fourth-order valence-corrected chi connectivity index (χ4v) is 3.49. The highest BCUT2D eigenvalue weighted by atomic mass is 32.1. The summed E-state index contributed by atoms with van der Waals surface area (Å²) in [6.07, 6.45) is 18.3. The number of hydrogen-bond acceptors (Lipinski definition) is 2. The van der Waals surface area contributed by atoms with Crippen molar-refractivity contribution in [2.75, 3.05) is 5.73 Å². The van der Waals surface area contributed by atoms with Gasteiger partial charge in [0.1, 0.15) is 0 Å². The Morgan fingerprint density at radius 1 is 0.750 bits per heavy atom. The summed E-state index contributed by atoms with van der Waals surface area (Å²) in [7, 11) is 0. The molecule has 0 aliphatic heterocycles. The number of nitrogen functional groups attached to an aromatic ring is 1. The molecule has 0 amide bonds. The molecule has 1 rings (SSSR count). The molecule has 20 heavy (non-hydrogen) atoms. The molecule has 0 saturated heterocycles. The first-order valence-electron chi connectivity index (χ1n) is 8.67. The van der Waals surface area contributed by atoms with Crippen LogP contribution < -0.4 is 5.73 Å². The second kappa shape index (κ2) is 12.3. The van der Waals surface area contributed by atoms with Crippen LogP contribution in [-0.4, -0.2) is 0 Å². The van der Waals surface area contributed by atoms with Crippen molar-refractivity contribution in [1.82, 2.24) is 0 Å². The molecule has 1 aromatic rings. The highest BCUT2D eigenvalue weighted by Gasteiger charge is 1.97. The molecule has 1 nitrogen and oxygen atoms in total. The molecule has 0 atom stereocenters. The summed E-state index contributed by atoms with van der Waals surface area (Å²) in [6, 6.07) is 4.21. The zero-order valence-corrected chi connectivity index (χ0v) is 14.1. The van der Waals surface area contributed by atoms with Gasteiger partial charge in [0.15, 0.2) is 0 Å². The predicted octanol–water partition coefficient (Wildman–Crippen LogP) is 6.57. The van der Waals surface area contributed by atoms with E-state index in [4.69, 9.17) is 5.73 Å². The first-order valence-corrected chi connectivity index (χ1v) is 9.48. The van der Waals surface area contributed by atoms with Gasteiger partial charge in [-0.25, -0.2) is 0 Å². The van der Waals surface area contributed by atoms with Crippen LogP contribution in [-0.2, 0) is 6.42 Å². The van der Waals surface area contributed by atoms with Gasteiger partial charge in [-0.05, 0) is 25.0 Å². The van der Waals surface area contributed by atoms with Crippen molar-refractivity contribution >= 4 is 16.3 Å². The van der Waals surface area contributed by atoms with E-state index in [1.165, 1.54) is 88.3 Å². The Balaban J connectivity index is 1.76. The molecule has 0 saturated carbocycles. The topological polar surface area (TPSA) is 26.0 Å². The fraction of sp³-hybridized carbons (Fsp3) is 0.778. The van der Waals surface area contributed by atoms with E-state index in [1.54, 1.807) is 11.3 Å². The Hall–Kier alpha value is -0.500. The third-order valence-electron chi connectivity index (χ3n) is 3.96. The van der Waals surface area contributed by atoms with E-state index in [2.05, 4.69) is 13.0 Å². The number of unbranched alkanes of at least 4 members (excludes halogenated alkanes) is 11. The van der Waals surface area contributed by atoms with Crippen LogP contribution in [0.25, 0.3) is 0 Å². The highest BCUT2D eigenvalue weighted by molar-refractivity contribution is 7.15. The van der Waals surface area contributed by atoms with Crippen molar-refractivity contribution in [1.29, 1.82) is 0 Å². The van der Waals surface area contributed by atoms with E-state index in [0.29, 0.717) is 0 Å². The van der Waals surface area contributed by atoms with Gasteiger partial charge in [-0.2, -0.15) is 0 Å². The fourth-order valence-electron chi connectivity index (χ4n) is 2.67. The summed E-state index contributed by atoms with van der Waals surface area (Å²) < 4.78 is 0. The quantitative estimate of drug-likeness (QED) is 0.409. The molecular formula is C18H33NS. The first kappa shape index (κ1) is 17.6. The van der Waals surface area contributed by atoms with Crippen LogP contribution >= 0.6 is 11.3 Å². The maximum Gasteiger partial charge on any atom is 0.0859 e. The summed E-state index contributed by atoms with van der Waals surface area (Å²) >= 11 is 1.75. The lowest BCUT2D eigenvalue weighted by Gasteiger charge is -2.02. The van der Waals surface area contributed by atoms with Crippen molar-refractivity contribution in [3.63, 3.8) is 0 Å². The van der Waals surface area contributed by atoms with E-state index in [1.807, 2.05) is 6.07 Å². The van der Waals surface area contributed by atoms with E-state index in [-0.39, 0.29) is 0 Å². The van der Waals surface area contributed by atoms with Crippen LogP contribution in [0.15, 0.2) is 12.1 Å². The van der Waals surface area contributed by atoms with Gasteiger partial charge in [-0.3, -0.25) is 0 Å². The van der Waals surface area contributed by atoms with Gasteiger partial charge in [-0.15, -0.1) is 11.3 Å². The van der Waals surface area contributed by atoms with Crippen LogP contribution in [0.5, 0.6) is 0 Å². The Morgan fingerprint density at radius 3 is 1.70 bits per heavy atom. The summed E-state index contributed by atoms with van der Waals surface area (Å²) in [6.45, 7) is 2.29. The number of hydrogen-bond donors (Lipinski definition) is 1. The molecule has 0 aliphatic carbocycles. The van der Waals surface area contributed by atoms with Crippen LogP contribution in [0.4, 0.5) is 5.00 Å². The van der Waals surface area contributed by atoms with Crippen molar-refractivity contribution in [3.8, 4) is 0 Å². The second-order valence-corrected chi connectivity index (χ2v) is 7.14. The molecule has 1 heterocycles.